The zero-order valence-electron chi connectivity index (χ0n) is 12.0. The normalized spacial score (nSPS) is 11.0. The molecule has 0 fully saturated rings. The summed E-state index contributed by atoms with van der Waals surface area (Å²) in [5, 5.41) is 5.83. The number of hydrogen-bond donors (Lipinski definition) is 1. The molecule has 21 heavy (non-hydrogen) atoms. The highest BCUT2D eigenvalue weighted by atomic mass is 32.2. The molecule has 0 spiro atoms. The quantitative estimate of drug-likeness (QED) is 0.585. The topological polar surface area (TPSA) is 63.6 Å². The van der Waals surface area contributed by atoms with Crippen molar-refractivity contribution in [3.05, 3.63) is 28.9 Å². The maximum atomic E-state index is 4.59. The molecule has 0 amide bonds. The van der Waals surface area contributed by atoms with Crippen molar-refractivity contribution in [1.82, 2.24) is 19.9 Å². The van der Waals surface area contributed by atoms with E-state index in [-0.39, 0.29) is 0 Å². The van der Waals surface area contributed by atoms with Crippen LogP contribution in [-0.2, 0) is 0 Å². The van der Waals surface area contributed by atoms with Gasteiger partial charge in [0, 0.05) is 29.2 Å². The molecule has 0 saturated heterocycles. The van der Waals surface area contributed by atoms with Crippen LogP contribution in [0, 0.1) is 13.8 Å². The van der Waals surface area contributed by atoms with E-state index >= 15 is 0 Å². The van der Waals surface area contributed by atoms with Crippen LogP contribution in [0.4, 0.5) is 5.95 Å². The summed E-state index contributed by atoms with van der Waals surface area (Å²) < 4.78 is 0. The third-order valence-electron chi connectivity index (χ3n) is 2.76. The molecule has 0 saturated carbocycles. The van der Waals surface area contributed by atoms with Gasteiger partial charge in [0.05, 0.1) is 0 Å². The van der Waals surface area contributed by atoms with E-state index in [1.54, 1.807) is 11.3 Å². The van der Waals surface area contributed by atoms with E-state index in [1.165, 1.54) is 16.6 Å². The Morgan fingerprint density at radius 3 is 2.67 bits per heavy atom. The molecule has 3 rings (SSSR count). The summed E-state index contributed by atoms with van der Waals surface area (Å²) in [4.78, 5) is 20.0. The minimum absolute atomic E-state index is 0.654. The van der Waals surface area contributed by atoms with Gasteiger partial charge >= 0.3 is 0 Å². The highest BCUT2D eigenvalue weighted by molar-refractivity contribution is 7.99. The second kappa shape index (κ2) is 5.95. The van der Waals surface area contributed by atoms with E-state index in [0.717, 1.165) is 27.4 Å². The Labute approximate surface area is 131 Å². The zero-order chi connectivity index (χ0) is 14.8. The van der Waals surface area contributed by atoms with Gasteiger partial charge in [-0.1, -0.05) is 0 Å². The predicted octanol–water partition coefficient (Wildman–Crippen LogP) is 3.68. The van der Waals surface area contributed by atoms with Crippen LogP contribution in [0.2, 0.25) is 0 Å². The Bertz CT molecular complexity index is 767. The Morgan fingerprint density at radius 1 is 1.19 bits per heavy atom. The summed E-state index contributed by atoms with van der Waals surface area (Å²) in [7, 11) is 0. The lowest BCUT2D eigenvalue weighted by molar-refractivity contribution is 0.944. The molecule has 0 radical (unpaired) electrons. The van der Waals surface area contributed by atoms with Crippen molar-refractivity contribution in [3.63, 3.8) is 0 Å². The maximum Gasteiger partial charge on any atom is 0.225 e. The number of nitrogens with one attached hydrogen (secondary N) is 1. The van der Waals surface area contributed by atoms with Crippen LogP contribution in [0.25, 0.3) is 10.2 Å². The van der Waals surface area contributed by atoms with Crippen molar-refractivity contribution in [1.29, 1.82) is 0 Å². The lowest BCUT2D eigenvalue weighted by Gasteiger charge is -2.05. The van der Waals surface area contributed by atoms with Gasteiger partial charge in [-0.25, -0.2) is 19.9 Å². The highest BCUT2D eigenvalue weighted by Gasteiger charge is 2.12. The van der Waals surface area contributed by atoms with Gasteiger partial charge in [0.25, 0.3) is 0 Å². The number of thiophene rings is 1. The summed E-state index contributed by atoms with van der Waals surface area (Å²) in [6, 6.07) is 2.12. The van der Waals surface area contributed by atoms with Gasteiger partial charge in [-0.3, -0.25) is 0 Å². The molecule has 3 aromatic rings. The fourth-order valence-corrected chi connectivity index (χ4v) is 3.58. The van der Waals surface area contributed by atoms with Crippen molar-refractivity contribution in [2.75, 3.05) is 11.9 Å². The summed E-state index contributed by atoms with van der Waals surface area (Å²) in [5.74, 6) is 0.654. The number of rotatable bonds is 4. The Kier molecular flexibility index (Phi) is 4.03. The zero-order valence-corrected chi connectivity index (χ0v) is 13.7. The van der Waals surface area contributed by atoms with Crippen LogP contribution in [0.1, 0.15) is 17.4 Å². The highest BCUT2D eigenvalue weighted by Crippen LogP contribution is 2.34. The maximum absolute atomic E-state index is 4.59. The van der Waals surface area contributed by atoms with Crippen molar-refractivity contribution in [3.8, 4) is 0 Å². The van der Waals surface area contributed by atoms with E-state index in [0.29, 0.717) is 11.1 Å². The summed E-state index contributed by atoms with van der Waals surface area (Å²) in [6.07, 6.45) is 3.63. The molecule has 108 valence electrons. The predicted molar refractivity (Wildman–Crippen MR) is 87.2 cm³/mol. The SMILES string of the molecule is CCNc1nc(Sc2ncc(C)cn2)c2cc(C)sc2n1. The van der Waals surface area contributed by atoms with Crippen LogP contribution in [0.5, 0.6) is 0 Å². The van der Waals surface area contributed by atoms with Gasteiger partial charge < -0.3 is 5.32 Å². The molecule has 5 nitrogen and oxygen atoms in total. The van der Waals surface area contributed by atoms with Crippen molar-refractivity contribution >= 4 is 39.3 Å². The molecule has 3 heterocycles. The molecule has 0 bridgehead atoms. The van der Waals surface area contributed by atoms with E-state index < -0.39 is 0 Å². The average molecular weight is 317 g/mol. The van der Waals surface area contributed by atoms with Crippen LogP contribution in [0.3, 0.4) is 0 Å². The Hall–Kier alpha value is -1.73. The molecule has 0 unspecified atom stereocenters. The van der Waals surface area contributed by atoms with E-state index in [9.17, 15) is 0 Å². The van der Waals surface area contributed by atoms with Crippen LogP contribution in [0.15, 0.2) is 28.6 Å². The van der Waals surface area contributed by atoms with Gasteiger partial charge in [0.1, 0.15) is 9.86 Å². The fourth-order valence-electron chi connectivity index (χ4n) is 1.85. The van der Waals surface area contributed by atoms with Crippen molar-refractivity contribution in [2.45, 2.75) is 31.0 Å². The molecule has 3 aromatic heterocycles. The largest absolute Gasteiger partial charge is 0.354 e. The van der Waals surface area contributed by atoms with Gasteiger partial charge in [0.15, 0.2) is 5.16 Å². The molecule has 0 aliphatic rings. The monoisotopic (exact) mass is 317 g/mol. The minimum atomic E-state index is 0.654. The Morgan fingerprint density at radius 2 is 1.95 bits per heavy atom. The molecule has 0 aliphatic carbocycles. The number of aryl methyl sites for hydroxylation is 2. The number of anilines is 1. The van der Waals surface area contributed by atoms with Crippen LogP contribution >= 0.6 is 23.1 Å². The van der Waals surface area contributed by atoms with Gasteiger partial charge in [-0.05, 0) is 44.2 Å². The molecule has 0 aromatic carbocycles. The van der Waals surface area contributed by atoms with Gasteiger partial charge in [-0.2, -0.15) is 0 Å². The number of aromatic nitrogens is 4. The molecular formula is C14H15N5S2. The van der Waals surface area contributed by atoms with Gasteiger partial charge in [0.2, 0.25) is 5.95 Å². The first-order chi connectivity index (χ1) is 10.2. The standard InChI is InChI=1S/C14H15N5S2/c1-4-15-13-18-11-10(5-9(3)20-11)12(19-13)21-14-16-6-8(2)7-17-14/h5-7H,4H2,1-3H3,(H,15,18,19). The first kappa shape index (κ1) is 14.2. The van der Waals surface area contributed by atoms with E-state index in [2.05, 4.69) is 38.2 Å². The molecule has 0 aliphatic heterocycles. The smallest absolute Gasteiger partial charge is 0.225 e. The lowest BCUT2D eigenvalue weighted by atomic mass is 10.4. The second-order valence-corrected chi connectivity index (χ2v) is 6.79. The third kappa shape index (κ3) is 3.14. The molecule has 1 N–H and O–H groups in total. The van der Waals surface area contributed by atoms with Crippen molar-refractivity contribution in [2.24, 2.45) is 0 Å². The van der Waals surface area contributed by atoms with Crippen LogP contribution < -0.4 is 5.32 Å². The molecular weight excluding hydrogens is 302 g/mol. The van der Waals surface area contributed by atoms with Gasteiger partial charge in [-0.15, -0.1) is 11.3 Å². The summed E-state index contributed by atoms with van der Waals surface area (Å²) >= 11 is 3.15. The van der Waals surface area contributed by atoms with E-state index in [4.69, 9.17) is 0 Å². The number of hydrogen-bond acceptors (Lipinski definition) is 7. The third-order valence-corrected chi connectivity index (χ3v) is 4.60. The van der Waals surface area contributed by atoms with Crippen molar-refractivity contribution < 1.29 is 0 Å². The van der Waals surface area contributed by atoms with Crippen LogP contribution in [-0.4, -0.2) is 26.5 Å². The first-order valence-electron chi connectivity index (χ1n) is 6.64. The Balaban J connectivity index is 2.04. The second-order valence-electron chi connectivity index (χ2n) is 4.60. The lowest BCUT2D eigenvalue weighted by Crippen LogP contribution is -2.02. The molecule has 7 heteroatoms. The first-order valence-corrected chi connectivity index (χ1v) is 8.27. The average Bonchev–Trinajstić information content (AvgIpc) is 2.82. The fraction of sp³-hybridized carbons (Fsp3) is 0.286. The number of fused-ring (bicyclic) bond motifs is 1. The number of nitrogens with zero attached hydrogens (tertiary/aromatic N) is 4. The molecule has 0 atom stereocenters. The minimum Gasteiger partial charge on any atom is -0.354 e. The summed E-state index contributed by atoms with van der Waals surface area (Å²) in [5.41, 5.74) is 1.05. The summed E-state index contributed by atoms with van der Waals surface area (Å²) in [6.45, 7) is 6.88. The van der Waals surface area contributed by atoms with E-state index in [1.807, 2.05) is 26.2 Å².